The van der Waals surface area contributed by atoms with Gasteiger partial charge in [0.2, 0.25) is 5.91 Å². The van der Waals surface area contributed by atoms with Gasteiger partial charge in [-0.2, -0.15) is 0 Å². The molecule has 0 radical (unpaired) electrons. The van der Waals surface area contributed by atoms with Gasteiger partial charge >= 0.3 is 0 Å². The normalized spacial score (nSPS) is 20.0. The van der Waals surface area contributed by atoms with Crippen molar-refractivity contribution in [2.45, 2.75) is 39.0 Å². The topological polar surface area (TPSA) is 26.8 Å². The fourth-order valence-electron chi connectivity index (χ4n) is 2.38. The predicted molar refractivity (Wildman–Crippen MR) is 67.9 cm³/mol. The molecule has 0 aromatic heterocycles. The third-order valence-electron chi connectivity index (χ3n) is 3.44. The zero-order valence-electron chi connectivity index (χ0n) is 10.8. The Morgan fingerprint density at radius 3 is 2.88 bits per heavy atom. The van der Waals surface area contributed by atoms with Crippen LogP contribution < -0.4 is 0 Å². The van der Waals surface area contributed by atoms with Crippen molar-refractivity contribution in [3.05, 3.63) is 12.3 Å². The lowest BCUT2D eigenvalue weighted by Gasteiger charge is -2.35. The van der Waals surface area contributed by atoms with E-state index in [1.807, 2.05) is 4.90 Å². The van der Waals surface area contributed by atoms with E-state index in [-0.39, 0.29) is 0 Å². The SMILES string of the molecule is CCCCN(CN1CCCC1=O)N1C=CCC1. The van der Waals surface area contributed by atoms with Crippen molar-refractivity contribution in [3.8, 4) is 0 Å². The number of unbranched alkanes of at least 4 members (excludes halogenated alkanes) is 1. The number of amides is 1. The summed E-state index contributed by atoms with van der Waals surface area (Å²) >= 11 is 0. The van der Waals surface area contributed by atoms with Gasteiger partial charge in [-0.05, 0) is 19.3 Å². The van der Waals surface area contributed by atoms with E-state index in [1.165, 1.54) is 12.8 Å². The van der Waals surface area contributed by atoms with E-state index in [2.05, 4.69) is 29.2 Å². The molecule has 1 amide bonds. The summed E-state index contributed by atoms with van der Waals surface area (Å²) in [6.07, 6.45) is 9.61. The molecule has 1 saturated heterocycles. The van der Waals surface area contributed by atoms with E-state index in [0.717, 1.165) is 45.6 Å². The first-order valence-corrected chi connectivity index (χ1v) is 6.77. The van der Waals surface area contributed by atoms with Crippen molar-refractivity contribution >= 4 is 5.91 Å². The molecule has 2 aliphatic heterocycles. The van der Waals surface area contributed by atoms with Gasteiger partial charge in [-0.3, -0.25) is 4.79 Å². The van der Waals surface area contributed by atoms with Gasteiger partial charge < -0.3 is 9.91 Å². The second-order valence-corrected chi connectivity index (χ2v) is 4.82. The van der Waals surface area contributed by atoms with Crippen LogP contribution in [0.3, 0.4) is 0 Å². The Kier molecular flexibility index (Phi) is 4.42. The van der Waals surface area contributed by atoms with Crippen LogP contribution in [0.25, 0.3) is 0 Å². The van der Waals surface area contributed by atoms with Crippen LogP contribution in [-0.2, 0) is 4.79 Å². The third kappa shape index (κ3) is 3.22. The van der Waals surface area contributed by atoms with Gasteiger partial charge in [-0.25, -0.2) is 5.01 Å². The molecule has 0 N–H and O–H groups in total. The van der Waals surface area contributed by atoms with Gasteiger partial charge in [0.1, 0.15) is 0 Å². The maximum Gasteiger partial charge on any atom is 0.223 e. The fraction of sp³-hybridized carbons (Fsp3) is 0.769. The second-order valence-electron chi connectivity index (χ2n) is 4.82. The molecule has 17 heavy (non-hydrogen) atoms. The smallest absolute Gasteiger partial charge is 0.223 e. The molecule has 1 fully saturated rings. The molecule has 0 atom stereocenters. The quantitative estimate of drug-likeness (QED) is 0.705. The Labute approximate surface area is 104 Å². The lowest BCUT2D eigenvalue weighted by molar-refractivity contribution is -0.132. The molecule has 0 saturated carbocycles. The molecule has 4 nitrogen and oxygen atoms in total. The Hall–Kier alpha value is -1.03. The summed E-state index contributed by atoms with van der Waals surface area (Å²) in [5, 5.41) is 4.58. The third-order valence-corrected chi connectivity index (χ3v) is 3.44. The molecular formula is C13H23N3O. The van der Waals surface area contributed by atoms with Crippen molar-refractivity contribution in [1.82, 2.24) is 14.9 Å². The number of hydrazine groups is 1. The largest absolute Gasteiger partial charge is 0.328 e. The summed E-state index contributed by atoms with van der Waals surface area (Å²) in [6, 6.07) is 0. The standard InChI is InChI=1S/C13H23N3O/c1-2-3-9-16(15-10-4-5-11-15)12-14-8-6-7-13(14)17/h4,10H,2-3,5-9,11-12H2,1H3. The maximum absolute atomic E-state index is 11.7. The number of rotatable bonds is 6. The van der Waals surface area contributed by atoms with Gasteiger partial charge in [0.05, 0.1) is 6.67 Å². The monoisotopic (exact) mass is 237 g/mol. The number of hydrogen-bond acceptors (Lipinski definition) is 3. The van der Waals surface area contributed by atoms with Crippen molar-refractivity contribution < 1.29 is 4.79 Å². The zero-order valence-corrected chi connectivity index (χ0v) is 10.8. The average molecular weight is 237 g/mol. The van der Waals surface area contributed by atoms with Crippen molar-refractivity contribution in [2.24, 2.45) is 0 Å². The highest BCUT2D eigenvalue weighted by atomic mass is 16.2. The molecule has 0 aromatic carbocycles. The lowest BCUT2D eigenvalue weighted by Crippen LogP contribution is -2.46. The molecule has 0 unspecified atom stereocenters. The van der Waals surface area contributed by atoms with E-state index >= 15 is 0 Å². The summed E-state index contributed by atoms with van der Waals surface area (Å²) in [7, 11) is 0. The van der Waals surface area contributed by atoms with Gasteiger partial charge in [0.25, 0.3) is 0 Å². The summed E-state index contributed by atoms with van der Waals surface area (Å²) in [4.78, 5) is 13.6. The molecule has 0 aliphatic carbocycles. The molecule has 0 spiro atoms. The Balaban J connectivity index is 1.89. The summed E-state index contributed by atoms with van der Waals surface area (Å²) in [5.74, 6) is 0.315. The van der Waals surface area contributed by atoms with Crippen LogP contribution in [-0.4, -0.2) is 47.1 Å². The van der Waals surface area contributed by atoms with Crippen molar-refractivity contribution in [2.75, 3.05) is 26.3 Å². The molecular weight excluding hydrogens is 214 g/mol. The van der Waals surface area contributed by atoms with E-state index < -0.39 is 0 Å². The minimum absolute atomic E-state index is 0.315. The number of carbonyl (C=O) groups excluding carboxylic acids is 1. The van der Waals surface area contributed by atoms with Crippen LogP contribution in [0.1, 0.15) is 39.0 Å². The molecule has 0 bridgehead atoms. The Morgan fingerprint density at radius 1 is 1.41 bits per heavy atom. The van der Waals surface area contributed by atoms with E-state index in [0.29, 0.717) is 5.91 Å². The van der Waals surface area contributed by atoms with Gasteiger partial charge in [0.15, 0.2) is 0 Å². The van der Waals surface area contributed by atoms with Crippen LogP contribution in [0.2, 0.25) is 0 Å². The van der Waals surface area contributed by atoms with Crippen molar-refractivity contribution in [3.63, 3.8) is 0 Å². The minimum Gasteiger partial charge on any atom is -0.328 e. The van der Waals surface area contributed by atoms with Crippen LogP contribution in [0, 0.1) is 0 Å². The molecule has 4 heteroatoms. The molecule has 2 heterocycles. The summed E-state index contributed by atoms with van der Waals surface area (Å²) in [6.45, 7) is 6.01. The Morgan fingerprint density at radius 2 is 2.29 bits per heavy atom. The highest BCUT2D eigenvalue weighted by molar-refractivity contribution is 5.77. The van der Waals surface area contributed by atoms with Crippen LogP contribution in [0.15, 0.2) is 12.3 Å². The van der Waals surface area contributed by atoms with Gasteiger partial charge in [-0.1, -0.05) is 19.4 Å². The van der Waals surface area contributed by atoms with Gasteiger partial charge in [0, 0.05) is 32.3 Å². The first-order valence-electron chi connectivity index (χ1n) is 6.77. The Bertz CT molecular complexity index is 290. The fourth-order valence-corrected chi connectivity index (χ4v) is 2.38. The number of carbonyl (C=O) groups is 1. The first kappa shape index (κ1) is 12.4. The van der Waals surface area contributed by atoms with Crippen LogP contribution in [0.5, 0.6) is 0 Å². The molecule has 2 aliphatic rings. The zero-order chi connectivity index (χ0) is 12.1. The first-order chi connectivity index (χ1) is 8.31. The van der Waals surface area contributed by atoms with Gasteiger partial charge in [-0.15, -0.1) is 0 Å². The maximum atomic E-state index is 11.7. The minimum atomic E-state index is 0.315. The molecule has 2 rings (SSSR count). The van der Waals surface area contributed by atoms with E-state index in [4.69, 9.17) is 0 Å². The molecule has 0 aromatic rings. The second kappa shape index (κ2) is 6.05. The number of nitrogens with zero attached hydrogens (tertiary/aromatic N) is 3. The van der Waals surface area contributed by atoms with Crippen molar-refractivity contribution in [1.29, 1.82) is 0 Å². The number of hydrogen-bond donors (Lipinski definition) is 0. The highest BCUT2D eigenvalue weighted by Gasteiger charge is 2.24. The number of likely N-dealkylation sites (tertiary alicyclic amines) is 1. The lowest BCUT2D eigenvalue weighted by atomic mass is 10.3. The van der Waals surface area contributed by atoms with E-state index in [9.17, 15) is 4.79 Å². The van der Waals surface area contributed by atoms with E-state index in [1.54, 1.807) is 0 Å². The van der Waals surface area contributed by atoms with Crippen LogP contribution in [0.4, 0.5) is 0 Å². The summed E-state index contributed by atoms with van der Waals surface area (Å²) in [5.41, 5.74) is 0. The highest BCUT2D eigenvalue weighted by Crippen LogP contribution is 2.15. The molecule has 96 valence electrons. The van der Waals surface area contributed by atoms with Crippen LogP contribution >= 0.6 is 0 Å². The predicted octanol–water partition coefficient (Wildman–Crippen LogP) is 1.80. The summed E-state index contributed by atoms with van der Waals surface area (Å²) < 4.78 is 0. The average Bonchev–Trinajstić information content (AvgIpc) is 2.96.